The van der Waals surface area contributed by atoms with E-state index in [2.05, 4.69) is 28.9 Å². The van der Waals surface area contributed by atoms with E-state index in [1.165, 1.54) is 0 Å². The van der Waals surface area contributed by atoms with Gasteiger partial charge in [-0.05, 0) is 58.3 Å². The number of nitrogens with zero attached hydrogens (tertiary/aromatic N) is 2. The highest BCUT2D eigenvalue weighted by atomic mass is 32.2. The molecule has 0 aromatic carbocycles. The molecule has 2 atom stereocenters. The van der Waals surface area contributed by atoms with E-state index in [1.807, 2.05) is 0 Å². The molecule has 2 heterocycles. The van der Waals surface area contributed by atoms with Crippen LogP contribution in [0.2, 0.25) is 0 Å². The van der Waals surface area contributed by atoms with Gasteiger partial charge in [-0.15, -0.1) is 0 Å². The predicted octanol–water partition coefficient (Wildman–Crippen LogP) is 0.237. The van der Waals surface area contributed by atoms with Crippen LogP contribution in [-0.4, -0.2) is 70.0 Å². The van der Waals surface area contributed by atoms with Gasteiger partial charge in [-0.25, -0.2) is 4.72 Å². The van der Waals surface area contributed by atoms with Crippen LogP contribution in [0.1, 0.15) is 32.6 Å². The van der Waals surface area contributed by atoms with Crippen LogP contribution < -0.4 is 10.0 Å². The molecular weight excluding hydrogens is 288 g/mol. The number of likely N-dealkylation sites (tertiary alicyclic amines) is 1. The fourth-order valence-corrected chi connectivity index (χ4v) is 4.65. The fourth-order valence-electron chi connectivity index (χ4n) is 3.29. The van der Waals surface area contributed by atoms with Crippen LogP contribution >= 0.6 is 0 Å². The van der Waals surface area contributed by atoms with E-state index in [0.717, 1.165) is 45.3 Å². The second kappa shape index (κ2) is 7.87. The fraction of sp³-hybridized carbons (Fsp3) is 1.00. The maximum Gasteiger partial charge on any atom is 0.279 e. The van der Waals surface area contributed by atoms with Gasteiger partial charge in [-0.1, -0.05) is 6.92 Å². The maximum atomic E-state index is 12.4. The zero-order chi connectivity index (χ0) is 15.3. The quantitative estimate of drug-likeness (QED) is 0.706. The van der Waals surface area contributed by atoms with Crippen molar-refractivity contribution in [3.8, 4) is 0 Å². The molecule has 2 rings (SSSR count). The molecule has 0 amide bonds. The Morgan fingerprint density at radius 1 is 1.14 bits per heavy atom. The second-order valence-corrected chi connectivity index (χ2v) is 8.06. The third-order valence-corrected chi connectivity index (χ3v) is 6.22. The Morgan fingerprint density at radius 2 is 1.90 bits per heavy atom. The lowest BCUT2D eigenvalue weighted by atomic mass is 10.00. The first kappa shape index (κ1) is 17.1. The lowest BCUT2D eigenvalue weighted by Crippen LogP contribution is -2.49. The molecule has 7 heteroatoms. The molecule has 0 aliphatic carbocycles. The first-order chi connectivity index (χ1) is 10.0. The lowest BCUT2D eigenvalue weighted by Gasteiger charge is -2.32. The Kier molecular flexibility index (Phi) is 6.43. The van der Waals surface area contributed by atoms with E-state index in [1.54, 1.807) is 4.31 Å². The third-order valence-electron chi connectivity index (χ3n) is 4.68. The molecule has 2 unspecified atom stereocenters. The van der Waals surface area contributed by atoms with Crippen molar-refractivity contribution in [1.29, 1.82) is 0 Å². The normalized spacial score (nSPS) is 29.0. The summed E-state index contributed by atoms with van der Waals surface area (Å²) in [5.41, 5.74) is 0. The lowest BCUT2D eigenvalue weighted by molar-refractivity contribution is 0.255. The molecule has 21 heavy (non-hydrogen) atoms. The molecule has 2 saturated heterocycles. The molecule has 0 saturated carbocycles. The molecule has 2 aliphatic heterocycles. The van der Waals surface area contributed by atoms with E-state index in [0.29, 0.717) is 31.6 Å². The van der Waals surface area contributed by atoms with Gasteiger partial charge >= 0.3 is 0 Å². The first-order valence-corrected chi connectivity index (χ1v) is 9.62. The molecule has 0 aromatic heterocycles. The van der Waals surface area contributed by atoms with Gasteiger partial charge in [-0.3, -0.25) is 0 Å². The van der Waals surface area contributed by atoms with Crippen molar-refractivity contribution in [2.75, 3.05) is 46.3 Å². The first-order valence-electron chi connectivity index (χ1n) is 8.18. The minimum Gasteiger partial charge on any atom is -0.317 e. The number of hydrogen-bond acceptors (Lipinski definition) is 4. The molecule has 0 spiro atoms. The summed E-state index contributed by atoms with van der Waals surface area (Å²) in [6, 6.07) is 0.349. The van der Waals surface area contributed by atoms with Crippen LogP contribution in [0.25, 0.3) is 0 Å². The van der Waals surface area contributed by atoms with Crippen molar-refractivity contribution in [2.45, 2.75) is 38.6 Å². The van der Waals surface area contributed by atoms with E-state index in [4.69, 9.17) is 0 Å². The topological polar surface area (TPSA) is 64.7 Å². The largest absolute Gasteiger partial charge is 0.317 e. The summed E-state index contributed by atoms with van der Waals surface area (Å²) < 4.78 is 29.3. The van der Waals surface area contributed by atoms with Gasteiger partial charge in [0.15, 0.2) is 0 Å². The Balaban J connectivity index is 1.83. The molecule has 124 valence electrons. The molecule has 0 bridgehead atoms. The number of piperidine rings is 1. The van der Waals surface area contributed by atoms with Crippen molar-refractivity contribution in [2.24, 2.45) is 5.92 Å². The Morgan fingerprint density at radius 3 is 2.57 bits per heavy atom. The van der Waals surface area contributed by atoms with Crippen molar-refractivity contribution in [1.82, 2.24) is 19.2 Å². The van der Waals surface area contributed by atoms with Gasteiger partial charge in [0.2, 0.25) is 0 Å². The number of likely N-dealkylation sites (N-methyl/N-ethyl adjacent to an activating group) is 1. The van der Waals surface area contributed by atoms with Crippen molar-refractivity contribution < 1.29 is 8.42 Å². The van der Waals surface area contributed by atoms with Crippen LogP contribution in [-0.2, 0) is 10.2 Å². The maximum absolute atomic E-state index is 12.4. The van der Waals surface area contributed by atoms with Crippen LogP contribution in [0.3, 0.4) is 0 Å². The predicted molar refractivity (Wildman–Crippen MR) is 85.4 cm³/mol. The summed E-state index contributed by atoms with van der Waals surface area (Å²) in [7, 11) is -1.25. The van der Waals surface area contributed by atoms with Gasteiger partial charge < -0.3 is 10.2 Å². The second-order valence-electron chi connectivity index (χ2n) is 6.30. The van der Waals surface area contributed by atoms with Crippen LogP contribution in [0.5, 0.6) is 0 Å². The molecular formula is C14H30N4O2S. The Hall–Kier alpha value is -0.210. The van der Waals surface area contributed by atoms with Crippen molar-refractivity contribution >= 4 is 10.2 Å². The summed E-state index contributed by atoms with van der Waals surface area (Å²) in [6.07, 6.45) is 4.32. The number of nitrogens with one attached hydrogen (secondary N) is 2. The van der Waals surface area contributed by atoms with Crippen LogP contribution in [0, 0.1) is 5.92 Å². The van der Waals surface area contributed by atoms with E-state index in [9.17, 15) is 8.42 Å². The summed E-state index contributed by atoms with van der Waals surface area (Å²) in [6.45, 7) is 6.83. The van der Waals surface area contributed by atoms with Crippen LogP contribution in [0.4, 0.5) is 0 Å². The molecule has 2 aliphatic rings. The summed E-state index contributed by atoms with van der Waals surface area (Å²) in [5.74, 6) is 0.435. The van der Waals surface area contributed by atoms with E-state index in [-0.39, 0.29) is 0 Å². The van der Waals surface area contributed by atoms with Gasteiger partial charge in [0, 0.05) is 25.7 Å². The third kappa shape index (κ3) is 4.89. The molecule has 0 aromatic rings. The average Bonchev–Trinajstić information content (AvgIpc) is 2.89. The SMILES string of the molecule is CCNCC1CCCN(S(=O)(=O)NCC2CCCN2C)C1. The Bertz CT molecular complexity index is 415. The minimum absolute atomic E-state index is 0.349. The van der Waals surface area contributed by atoms with E-state index >= 15 is 0 Å². The highest BCUT2D eigenvalue weighted by Crippen LogP contribution is 2.19. The van der Waals surface area contributed by atoms with Crippen molar-refractivity contribution in [3.63, 3.8) is 0 Å². The minimum atomic E-state index is -3.32. The summed E-state index contributed by atoms with van der Waals surface area (Å²) >= 11 is 0. The highest BCUT2D eigenvalue weighted by molar-refractivity contribution is 7.87. The monoisotopic (exact) mass is 318 g/mol. The van der Waals surface area contributed by atoms with Crippen LogP contribution in [0.15, 0.2) is 0 Å². The summed E-state index contributed by atoms with van der Waals surface area (Å²) in [5, 5.41) is 3.32. The molecule has 2 N–H and O–H groups in total. The van der Waals surface area contributed by atoms with Gasteiger partial charge in [0.25, 0.3) is 10.2 Å². The van der Waals surface area contributed by atoms with E-state index < -0.39 is 10.2 Å². The highest BCUT2D eigenvalue weighted by Gasteiger charge is 2.30. The number of hydrogen-bond donors (Lipinski definition) is 2. The number of rotatable bonds is 7. The Labute approximate surface area is 129 Å². The zero-order valence-corrected chi connectivity index (χ0v) is 14.2. The van der Waals surface area contributed by atoms with Crippen molar-refractivity contribution in [3.05, 3.63) is 0 Å². The molecule has 6 nitrogen and oxygen atoms in total. The molecule has 0 radical (unpaired) electrons. The standard InChI is InChI=1S/C14H30N4O2S/c1-3-15-10-13-6-4-9-18(12-13)21(19,20)16-11-14-7-5-8-17(14)2/h13-16H,3-12H2,1-2H3. The smallest absolute Gasteiger partial charge is 0.279 e. The average molecular weight is 318 g/mol. The van der Waals surface area contributed by atoms with Gasteiger partial charge in [0.1, 0.15) is 0 Å². The van der Waals surface area contributed by atoms with Gasteiger partial charge in [0.05, 0.1) is 0 Å². The molecule has 2 fully saturated rings. The summed E-state index contributed by atoms with van der Waals surface area (Å²) in [4.78, 5) is 2.24. The zero-order valence-electron chi connectivity index (χ0n) is 13.3. The van der Waals surface area contributed by atoms with Gasteiger partial charge in [-0.2, -0.15) is 12.7 Å².